The average molecular weight is 493 g/mol. The molecule has 3 aromatic carbocycles. The van der Waals surface area contributed by atoms with Gasteiger partial charge in [-0.1, -0.05) is 66.2 Å². The fraction of sp³-hybridized carbons (Fsp3) is 0.258. The van der Waals surface area contributed by atoms with Gasteiger partial charge in [-0.2, -0.15) is 4.98 Å². The van der Waals surface area contributed by atoms with Crippen molar-refractivity contribution < 1.29 is 9.53 Å². The normalized spacial score (nSPS) is 14.0. The maximum atomic E-state index is 13.6. The van der Waals surface area contributed by atoms with E-state index in [4.69, 9.17) is 9.72 Å². The molecule has 1 saturated heterocycles. The van der Waals surface area contributed by atoms with Crippen LogP contribution in [0, 0.1) is 20.8 Å². The van der Waals surface area contributed by atoms with E-state index < -0.39 is 0 Å². The first-order chi connectivity index (χ1) is 18.0. The average Bonchev–Trinajstić information content (AvgIpc) is 2.92. The number of carbonyl (C=O) groups excluding carboxylic acids is 1. The summed E-state index contributed by atoms with van der Waals surface area (Å²) in [4.78, 5) is 27.1. The van der Waals surface area contributed by atoms with Gasteiger partial charge in [-0.05, 0) is 49.6 Å². The molecule has 37 heavy (non-hydrogen) atoms. The van der Waals surface area contributed by atoms with Crippen molar-refractivity contribution in [1.29, 1.82) is 0 Å². The van der Waals surface area contributed by atoms with E-state index in [0.717, 1.165) is 30.8 Å². The van der Waals surface area contributed by atoms with Crippen LogP contribution < -0.4 is 4.74 Å². The number of hydrogen-bond donors (Lipinski definition) is 0. The van der Waals surface area contributed by atoms with Crippen molar-refractivity contribution >= 4 is 5.91 Å². The topological polar surface area (TPSA) is 58.6 Å². The number of piperazine rings is 1. The van der Waals surface area contributed by atoms with Crippen LogP contribution in [0.3, 0.4) is 0 Å². The largest absolute Gasteiger partial charge is 0.438 e. The first-order valence-electron chi connectivity index (χ1n) is 12.7. The van der Waals surface area contributed by atoms with Gasteiger partial charge < -0.3 is 9.64 Å². The van der Waals surface area contributed by atoms with Crippen LogP contribution in [0.4, 0.5) is 0 Å². The summed E-state index contributed by atoms with van der Waals surface area (Å²) < 4.78 is 6.22. The predicted octanol–water partition coefficient (Wildman–Crippen LogP) is 5.82. The van der Waals surface area contributed by atoms with Gasteiger partial charge in [0.25, 0.3) is 5.91 Å². The van der Waals surface area contributed by atoms with Gasteiger partial charge in [-0.25, -0.2) is 4.98 Å². The molecule has 0 bridgehead atoms. The number of aromatic nitrogens is 2. The summed E-state index contributed by atoms with van der Waals surface area (Å²) in [6, 6.07) is 24.3. The van der Waals surface area contributed by atoms with E-state index >= 15 is 0 Å². The van der Waals surface area contributed by atoms with Crippen LogP contribution in [0.15, 0.2) is 79.0 Å². The van der Waals surface area contributed by atoms with Crippen molar-refractivity contribution in [1.82, 2.24) is 19.8 Å². The molecule has 6 heteroatoms. The molecular formula is C31H32N4O2. The lowest BCUT2D eigenvalue weighted by atomic mass is 10.1. The standard InChI is InChI=1S/C31H32N4O2/c1-22-9-12-25(13-10-22)21-34-15-17-35(18-16-34)31(36)28-20-32-29(26-7-5-4-6-8-26)33-30(28)37-27-14-11-23(2)24(3)19-27/h4-14,19-20H,15-18,21H2,1-3H3. The quantitative estimate of drug-likeness (QED) is 0.340. The third kappa shape index (κ3) is 5.87. The van der Waals surface area contributed by atoms with Crippen LogP contribution in [-0.4, -0.2) is 51.9 Å². The van der Waals surface area contributed by atoms with Crippen molar-refractivity contribution in [3.8, 4) is 23.0 Å². The van der Waals surface area contributed by atoms with E-state index in [9.17, 15) is 4.79 Å². The molecule has 0 radical (unpaired) electrons. The van der Waals surface area contributed by atoms with Gasteiger partial charge in [0, 0.05) is 44.5 Å². The minimum atomic E-state index is -0.103. The fourth-order valence-electron chi connectivity index (χ4n) is 4.44. The van der Waals surface area contributed by atoms with Gasteiger partial charge in [-0.3, -0.25) is 9.69 Å². The molecule has 1 amide bonds. The van der Waals surface area contributed by atoms with Crippen LogP contribution in [0.1, 0.15) is 32.6 Å². The van der Waals surface area contributed by atoms with Crippen molar-refractivity contribution in [2.45, 2.75) is 27.3 Å². The van der Waals surface area contributed by atoms with Gasteiger partial charge in [0.2, 0.25) is 5.88 Å². The molecule has 6 nitrogen and oxygen atoms in total. The molecule has 1 aliphatic rings. The number of hydrogen-bond acceptors (Lipinski definition) is 5. The number of nitrogens with zero attached hydrogens (tertiary/aromatic N) is 4. The lowest BCUT2D eigenvalue weighted by Gasteiger charge is -2.34. The van der Waals surface area contributed by atoms with Crippen molar-refractivity contribution in [3.63, 3.8) is 0 Å². The third-order valence-electron chi connectivity index (χ3n) is 6.90. The number of rotatable bonds is 6. The summed E-state index contributed by atoms with van der Waals surface area (Å²) in [6.07, 6.45) is 1.60. The summed E-state index contributed by atoms with van der Waals surface area (Å²) in [5, 5.41) is 0. The highest BCUT2D eigenvalue weighted by molar-refractivity contribution is 5.96. The highest BCUT2D eigenvalue weighted by Crippen LogP contribution is 2.28. The first-order valence-corrected chi connectivity index (χ1v) is 12.7. The lowest BCUT2D eigenvalue weighted by molar-refractivity contribution is 0.0625. The van der Waals surface area contributed by atoms with E-state index in [-0.39, 0.29) is 11.8 Å². The second-order valence-corrected chi connectivity index (χ2v) is 9.68. The van der Waals surface area contributed by atoms with Crippen LogP contribution in [0.5, 0.6) is 11.6 Å². The summed E-state index contributed by atoms with van der Waals surface area (Å²) >= 11 is 0. The first kappa shape index (κ1) is 24.7. The number of aryl methyl sites for hydroxylation is 3. The molecule has 0 spiro atoms. The van der Waals surface area contributed by atoms with E-state index in [1.807, 2.05) is 60.4 Å². The molecule has 4 aromatic rings. The molecule has 0 saturated carbocycles. The zero-order chi connectivity index (χ0) is 25.8. The molecule has 0 N–H and O–H groups in total. The Morgan fingerprint density at radius 1 is 0.865 bits per heavy atom. The van der Waals surface area contributed by atoms with Crippen LogP contribution in [-0.2, 0) is 6.54 Å². The zero-order valence-corrected chi connectivity index (χ0v) is 21.6. The summed E-state index contributed by atoms with van der Waals surface area (Å²) in [5.74, 6) is 1.36. The maximum Gasteiger partial charge on any atom is 0.261 e. The predicted molar refractivity (Wildman–Crippen MR) is 146 cm³/mol. The van der Waals surface area contributed by atoms with Gasteiger partial charge in [0.1, 0.15) is 11.3 Å². The zero-order valence-electron chi connectivity index (χ0n) is 21.6. The Morgan fingerprint density at radius 3 is 2.30 bits per heavy atom. The van der Waals surface area contributed by atoms with Crippen LogP contribution in [0.2, 0.25) is 0 Å². The molecule has 188 valence electrons. The fourth-order valence-corrected chi connectivity index (χ4v) is 4.44. The van der Waals surface area contributed by atoms with Gasteiger partial charge in [-0.15, -0.1) is 0 Å². The number of ether oxygens (including phenoxy) is 1. The number of benzene rings is 3. The van der Waals surface area contributed by atoms with E-state index in [0.29, 0.717) is 30.2 Å². The second kappa shape index (κ2) is 10.9. The maximum absolute atomic E-state index is 13.6. The van der Waals surface area contributed by atoms with E-state index in [1.165, 1.54) is 16.7 Å². The summed E-state index contributed by atoms with van der Waals surface area (Å²) in [7, 11) is 0. The molecular weight excluding hydrogens is 460 g/mol. The monoisotopic (exact) mass is 492 g/mol. The Morgan fingerprint density at radius 2 is 1.59 bits per heavy atom. The smallest absolute Gasteiger partial charge is 0.261 e. The molecule has 0 unspecified atom stereocenters. The van der Waals surface area contributed by atoms with Crippen LogP contribution >= 0.6 is 0 Å². The lowest BCUT2D eigenvalue weighted by Crippen LogP contribution is -2.48. The molecule has 2 heterocycles. The molecule has 0 aliphatic carbocycles. The highest BCUT2D eigenvalue weighted by Gasteiger charge is 2.26. The van der Waals surface area contributed by atoms with E-state index in [2.05, 4.69) is 48.0 Å². The molecule has 1 aromatic heterocycles. The summed E-state index contributed by atoms with van der Waals surface area (Å²) in [6.45, 7) is 10.0. The molecule has 5 rings (SSSR count). The Bertz CT molecular complexity index is 1380. The Hall–Kier alpha value is -4.03. The minimum absolute atomic E-state index is 0.103. The third-order valence-corrected chi connectivity index (χ3v) is 6.90. The van der Waals surface area contributed by atoms with E-state index in [1.54, 1.807) is 6.20 Å². The Balaban J connectivity index is 1.35. The number of amides is 1. The second-order valence-electron chi connectivity index (χ2n) is 9.68. The number of carbonyl (C=O) groups is 1. The molecule has 0 atom stereocenters. The summed E-state index contributed by atoms with van der Waals surface area (Å²) in [5.41, 5.74) is 6.10. The van der Waals surface area contributed by atoms with Crippen molar-refractivity contribution in [2.75, 3.05) is 26.2 Å². The van der Waals surface area contributed by atoms with Crippen molar-refractivity contribution in [2.24, 2.45) is 0 Å². The minimum Gasteiger partial charge on any atom is -0.438 e. The van der Waals surface area contributed by atoms with Gasteiger partial charge in [0.05, 0.1) is 0 Å². The van der Waals surface area contributed by atoms with Crippen molar-refractivity contribution in [3.05, 3.63) is 107 Å². The van der Waals surface area contributed by atoms with Crippen LogP contribution in [0.25, 0.3) is 11.4 Å². The SMILES string of the molecule is Cc1ccc(CN2CCN(C(=O)c3cnc(-c4ccccc4)nc3Oc3ccc(C)c(C)c3)CC2)cc1. The highest BCUT2D eigenvalue weighted by atomic mass is 16.5. The Labute approximate surface area is 218 Å². The van der Waals surface area contributed by atoms with Gasteiger partial charge in [0.15, 0.2) is 5.82 Å². The Kier molecular flexibility index (Phi) is 7.28. The molecule has 1 aliphatic heterocycles. The molecule has 1 fully saturated rings. The van der Waals surface area contributed by atoms with Gasteiger partial charge >= 0.3 is 0 Å².